The molecule has 0 aromatic heterocycles. The normalized spacial score (nSPS) is 22.0. The van der Waals surface area contributed by atoms with E-state index in [2.05, 4.69) is 12.2 Å². The summed E-state index contributed by atoms with van der Waals surface area (Å²) in [4.78, 5) is 11.9. The van der Waals surface area contributed by atoms with Gasteiger partial charge in [0.25, 0.3) is 0 Å². The van der Waals surface area contributed by atoms with Crippen LogP contribution < -0.4 is 11.1 Å². The second-order valence-corrected chi connectivity index (χ2v) is 6.11. The van der Waals surface area contributed by atoms with Crippen LogP contribution in [0.2, 0.25) is 5.02 Å². The lowest BCUT2D eigenvalue weighted by Crippen LogP contribution is -2.27. The molecule has 1 fully saturated rings. The molecule has 0 aliphatic heterocycles. The lowest BCUT2D eigenvalue weighted by atomic mass is 9.88. The summed E-state index contributed by atoms with van der Waals surface area (Å²) in [6.45, 7) is 2.68. The van der Waals surface area contributed by atoms with E-state index in [9.17, 15) is 4.79 Å². The number of benzene rings is 1. The van der Waals surface area contributed by atoms with Crippen molar-refractivity contribution >= 4 is 28.9 Å². The van der Waals surface area contributed by atoms with E-state index < -0.39 is 0 Å². The topological polar surface area (TPSA) is 64.3 Å². The number of nitrogens with two attached hydrogens (primary N) is 1. The van der Waals surface area contributed by atoms with Crippen molar-refractivity contribution in [3.05, 3.63) is 23.2 Å². The zero-order valence-electron chi connectivity index (χ0n) is 12.4. The molecule has 116 valence electrons. The van der Waals surface area contributed by atoms with Crippen molar-refractivity contribution in [2.24, 2.45) is 5.92 Å². The fourth-order valence-electron chi connectivity index (χ4n) is 2.68. The molecule has 3 N–H and O–H groups in total. The van der Waals surface area contributed by atoms with Gasteiger partial charge in [-0.1, -0.05) is 31.4 Å². The van der Waals surface area contributed by atoms with Crippen LogP contribution in [0.5, 0.6) is 0 Å². The molecule has 0 bridgehead atoms. The zero-order chi connectivity index (χ0) is 15.2. The second-order valence-electron chi connectivity index (χ2n) is 5.71. The minimum atomic E-state index is -0.0693. The van der Waals surface area contributed by atoms with E-state index in [1.165, 1.54) is 19.3 Å². The quantitative estimate of drug-likeness (QED) is 0.812. The molecule has 2 rings (SSSR count). The van der Waals surface area contributed by atoms with Crippen LogP contribution in [0.1, 0.15) is 39.0 Å². The molecule has 1 amide bonds. The molecule has 21 heavy (non-hydrogen) atoms. The maximum Gasteiger partial charge on any atom is 0.226 e. The summed E-state index contributed by atoms with van der Waals surface area (Å²) in [5.41, 5.74) is 6.82. The molecule has 5 heteroatoms. The molecule has 0 heterocycles. The van der Waals surface area contributed by atoms with E-state index in [0.717, 1.165) is 6.42 Å². The van der Waals surface area contributed by atoms with Gasteiger partial charge in [0, 0.05) is 5.69 Å². The molecule has 1 saturated carbocycles. The van der Waals surface area contributed by atoms with E-state index in [1.807, 2.05) is 0 Å². The first-order valence-electron chi connectivity index (χ1n) is 7.52. The zero-order valence-corrected chi connectivity index (χ0v) is 13.2. The summed E-state index contributed by atoms with van der Waals surface area (Å²) in [6.07, 6.45) is 5.51. The smallest absolute Gasteiger partial charge is 0.226 e. The van der Waals surface area contributed by atoms with Gasteiger partial charge in [-0.2, -0.15) is 0 Å². The minimum absolute atomic E-state index is 0.0693. The van der Waals surface area contributed by atoms with Crippen molar-refractivity contribution in [3.63, 3.8) is 0 Å². The Morgan fingerprint density at radius 2 is 2.19 bits per heavy atom. The van der Waals surface area contributed by atoms with E-state index in [1.54, 1.807) is 18.2 Å². The number of carbonyl (C=O) groups excluding carboxylic acids is 1. The third-order valence-electron chi connectivity index (χ3n) is 3.97. The lowest BCUT2D eigenvalue weighted by Gasteiger charge is -2.28. The maximum absolute atomic E-state index is 11.9. The molecule has 4 nitrogen and oxygen atoms in total. The van der Waals surface area contributed by atoms with E-state index in [-0.39, 0.29) is 5.91 Å². The SMILES string of the molecule is CC1CCCCC1OCCC(=O)Nc1ccc(Cl)c(N)c1. The Morgan fingerprint density at radius 3 is 2.90 bits per heavy atom. The Morgan fingerprint density at radius 1 is 1.43 bits per heavy atom. The van der Waals surface area contributed by atoms with Gasteiger partial charge in [-0.15, -0.1) is 0 Å². The third kappa shape index (κ3) is 4.90. The Kier molecular flexibility index (Phi) is 5.88. The van der Waals surface area contributed by atoms with Crippen LogP contribution in [0.25, 0.3) is 0 Å². The Hall–Kier alpha value is -1.26. The van der Waals surface area contributed by atoms with Crippen molar-refractivity contribution in [1.82, 2.24) is 0 Å². The number of hydrogen-bond donors (Lipinski definition) is 2. The number of anilines is 2. The van der Waals surface area contributed by atoms with Crippen molar-refractivity contribution in [1.29, 1.82) is 0 Å². The van der Waals surface area contributed by atoms with Crippen molar-refractivity contribution < 1.29 is 9.53 Å². The van der Waals surface area contributed by atoms with Gasteiger partial charge in [0.05, 0.1) is 29.8 Å². The standard InChI is InChI=1S/C16H23ClN2O2/c1-11-4-2-3-5-15(11)21-9-8-16(20)19-12-6-7-13(17)14(18)10-12/h6-7,10-11,15H,2-5,8-9,18H2,1H3,(H,19,20). The summed E-state index contributed by atoms with van der Waals surface area (Å²) in [5.74, 6) is 0.526. The van der Waals surface area contributed by atoms with Crippen LogP contribution >= 0.6 is 11.6 Å². The molecule has 2 atom stereocenters. The Labute approximate surface area is 131 Å². The van der Waals surface area contributed by atoms with Gasteiger partial charge in [-0.25, -0.2) is 0 Å². The summed E-state index contributed by atoms with van der Waals surface area (Å²) < 4.78 is 5.84. The van der Waals surface area contributed by atoms with Gasteiger partial charge >= 0.3 is 0 Å². The third-order valence-corrected chi connectivity index (χ3v) is 4.32. The molecule has 1 aliphatic rings. The molecule has 0 spiro atoms. The van der Waals surface area contributed by atoms with Crippen LogP contribution in [-0.4, -0.2) is 18.6 Å². The van der Waals surface area contributed by atoms with E-state index in [0.29, 0.717) is 41.4 Å². The van der Waals surface area contributed by atoms with Crippen LogP contribution in [0.3, 0.4) is 0 Å². The van der Waals surface area contributed by atoms with Crippen LogP contribution in [-0.2, 0) is 9.53 Å². The number of hydrogen-bond acceptors (Lipinski definition) is 3. The molecule has 1 aliphatic carbocycles. The summed E-state index contributed by atoms with van der Waals surface area (Å²) in [6, 6.07) is 5.07. The predicted molar refractivity (Wildman–Crippen MR) is 86.5 cm³/mol. The Balaban J connectivity index is 1.73. The molecule has 1 aromatic rings. The van der Waals surface area contributed by atoms with Crippen LogP contribution in [0, 0.1) is 5.92 Å². The average molecular weight is 311 g/mol. The summed E-state index contributed by atoms with van der Waals surface area (Å²) >= 11 is 5.84. The molecule has 1 aromatic carbocycles. The fourth-order valence-corrected chi connectivity index (χ4v) is 2.80. The monoisotopic (exact) mass is 310 g/mol. The summed E-state index contributed by atoms with van der Waals surface area (Å²) in [5, 5.41) is 3.29. The number of halogens is 1. The highest BCUT2D eigenvalue weighted by Crippen LogP contribution is 2.26. The van der Waals surface area contributed by atoms with Gasteiger partial charge in [0.2, 0.25) is 5.91 Å². The van der Waals surface area contributed by atoms with Crippen LogP contribution in [0.4, 0.5) is 11.4 Å². The summed E-state index contributed by atoms with van der Waals surface area (Å²) in [7, 11) is 0. The van der Waals surface area contributed by atoms with E-state index >= 15 is 0 Å². The largest absolute Gasteiger partial charge is 0.397 e. The van der Waals surface area contributed by atoms with Gasteiger partial charge in [-0.3, -0.25) is 4.79 Å². The lowest BCUT2D eigenvalue weighted by molar-refractivity contribution is -0.118. The van der Waals surface area contributed by atoms with Gasteiger partial charge in [0.15, 0.2) is 0 Å². The highest BCUT2D eigenvalue weighted by atomic mass is 35.5. The number of ether oxygens (including phenoxy) is 1. The molecular weight excluding hydrogens is 288 g/mol. The van der Waals surface area contributed by atoms with Crippen molar-refractivity contribution in [2.45, 2.75) is 45.1 Å². The average Bonchev–Trinajstić information content (AvgIpc) is 2.45. The number of carbonyl (C=O) groups is 1. The predicted octanol–water partition coefficient (Wildman–Crippen LogP) is 3.85. The first-order chi connectivity index (χ1) is 10.1. The highest BCUT2D eigenvalue weighted by molar-refractivity contribution is 6.33. The molecule has 0 radical (unpaired) electrons. The van der Waals surface area contributed by atoms with Crippen molar-refractivity contribution in [2.75, 3.05) is 17.7 Å². The van der Waals surface area contributed by atoms with Gasteiger partial charge in [-0.05, 0) is 37.0 Å². The minimum Gasteiger partial charge on any atom is -0.397 e. The molecule has 0 saturated heterocycles. The molecular formula is C16H23ClN2O2. The second kappa shape index (κ2) is 7.66. The number of nitrogens with one attached hydrogen (secondary N) is 1. The number of amides is 1. The fraction of sp³-hybridized carbons (Fsp3) is 0.562. The molecule has 2 unspecified atom stereocenters. The first kappa shape index (κ1) is 16.1. The maximum atomic E-state index is 11.9. The van der Waals surface area contributed by atoms with Gasteiger partial charge < -0.3 is 15.8 Å². The highest BCUT2D eigenvalue weighted by Gasteiger charge is 2.21. The van der Waals surface area contributed by atoms with Gasteiger partial charge in [0.1, 0.15) is 0 Å². The van der Waals surface area contributed by atoms with Crippen LogP contribution in [0.15, 0.2) is 18.2 Å². The number of nitrogen functional groups attached to an aromatic ring is 1. The van der Waals surface area contributed by atoms with Crippen molar-refractivity contribution in [3.8, 4) is 0 Å². The number of rotatable bonds is 5. The van der Waals surface area contributed by atoms with E-state index in [4.69, 9.17) is 22.1 Å². The first-order valence-corrected chi connectivity index (χ1v) is 7.90. The Bertz CT molecular complexity index is 493.